The fourth-order valence-electron chi connectivity index (χ4n) is 1.98. The maximum absolute atomic E-state index is 13.6. The highest BCUT2D eigenvalue weighted by Gasteiger charge is 2.13. The van der Waals surface area contributed by atoms with Gasteiger partial charge in [-0.15, -0.1) is 0 Å². The largest absolute Gasteiger partial charge is 0.331 e. The third-order valence-corrected chi connectivity index (χ3v) is 4.49. The molecule has 0 spiro atoms. The molecule has 0 bridgehead atoms. The number of aromatic nitrogens is 2. The van der Waals surface area contributed by atoms with Crippen LogP contribution >= 0.6 is 39.9 Å². The molecule has 1 heterocycles. The molecule has 1 unspecified atom stereocenters. The molecule has 2 rings (SSSR count). The number of rotatable bonds is 4. The van der Waals surface area contributed by atoms with Crippen LogP contribution < -0.4 is 0 Å². The minimum atomic E-state index is -0.262. The van der Waals surface area contributed by atoms with E-state index in [1.807, 2.05) is 4.57 Å². The Balaban J connectivity index is 2.53. The van der Waals surface area contributed by atoms with Gasteiger partial charge in [-0.05, 0) is 59.6 Å². The second-order valence-electron chi connectivity index (χ2n) is 4.21. The van der Waals surface area contributed by atoms with E-state index in [0.717, 1.165) is 23.2 Å². The van der Waals surface area contributed by atoms with Crippen molar-refractivity contribution < 1.29 is 4.39 Å². The second kappa shape index (κ2) is 5.75. The van der Waals surface area contributed by atoms with Crippen molar-refractivity contribution in [2.75, 3.05) is 12.0 Å². The summed E-state index contributed by atoms with van der Waals surface area (Å²) in [5.41, 5.74) is 1.69. The maximum Gasteiger partial charge on any atom is 0.178 e. The summed E-state index contributed by atoms with van der Waals surface area (Å²) < 4.78 is 16.7. The SMILES string of the molecule is CSCCC(C)n1c(=S)[nH]c2cc(Br)c(F)cc21. The molecule has 0 saturated heterocycles. The Hall–Kier alpha value is -0.330. The molecule has 1 atom stereocenters. The molecular formula is C12H14BrFN2S2. The Morgan fingerprint density at radius 1 is 1.56 bits per heavy atom. The number of nitrogens with one attached hydrogen (secondary N) is 1. The van der Waals surface area contributed by atoms with Gasteiger partial charge in [-0.1, -0.05) is 0 Å². The summed E-state index contributed by atoms with van der Waals surface area (Å²) >= 11 is 10.3. The van der Waals surface area contributed by atoms with Crippen molar-refractivity contribution in [1.82, 2.24) is 9.55 Å². The summed E-state index contributed by atoms with van der Waals surface area (Å²) in [6.07, 6.45) is 3.10. The lowest BCUT2D eigenvalue weighted by atomic mass is 10.2. The number of halogens is 2. The maximum atomic E-state index is 13.6. The lowest BCUT2D eigenvalue weighted by Gasteiger charge is -2.14. The van der Waals surface area contributed by atoms with Gasteiger partial charge >= 0.3 is 0 Å². The van der Waals surface area contributed by atoms with Crippen LogP contribution in [0.15, 0.2) is 16.6 Å². The van der Waals surface area contributed by atoms with Crippen molar-refractivity contribution in [3.63, 3.8) is 0 Å². The number of H-pyrrole nitrogens is 1. The summed E-state index contributed by atoms with van der Waals surface area (Å²) in [6, 6.07) is 3.53. The molecule has 1 N–H and O–H groups in total. The number of nitrogens with zero attached hydrogens (tertiary/aromatic N) is 1. The number of hydrogen-bond acceptors (Lipinski definition) is 2. The number of imidazole rings is 1. The third kappa shape index (κ3) is 2.65. The van der Waals surface area contributed by atoms with Gasteiger partial charge in [0.1, 0.15) is 5.82 Å². The molecule has 0 aliphatic heterocycles. The van der Waals surface area contributed by atoms with Crippen LogP contribution in [0.4, 0.5) is 4.39 Å². The number of thioether (sulfide) groups is 1. The van der Waals surface area contributed by atoms with Crippen LogP contribution in [0.5, 0.6) is 0 Å². The molecule has 18 heavy (non-hydrogen) atoms. The van der Waals surface area contributed by atoms with Crippen molar-refractivity contribution in [2.24, 2.45) is 0 Å². The first-order valence-electron chi connectivity index (χ1n) is 5.62. The quantitative estimate of drug-likeness (QED) is 0.792. The summed E-state index contributed by atoms with van der Waals surface area (Å²) in [4.78, 5) is 3.13. The van der Waals surface area contributed by atoms with E-state index >= 15 is 0 Å². The Morgan fingerprint density at radius 3 is 2.94 bits per heavy atom. The predicted octanol–water partition coefficient (Wildman–Crippen LogP) is 4.91. The van der Waals surface area contributed by atoms with E-state index in [1.165, 1.54) is 6.07 Å². The molecule has 0 saturated carbocycles. The zero-order chi connectivity index (χ0) is 13.3. The second-order valence-corrected chi connectivity index (χ2v) is 6.44. The van der Waals surface area contributed by atoms with E-state index in [9.17, 15) is 4.39 Å². The van der Waals surface area contributed by atoms with Gasteiger partial charge < -0.3 is 9.55 Å². The van der Waals surface area contributed by atoms with Gasteiger partial charge in [0.15, 0.2) is 4.77 Å². The standard InChI is InChI=1S/C12H14BrFN2S2/c1-7(3-4-18-2)16-11-6-9(14)8(13)5-10(11)15-12(16)17/h5-7H,3-4H2,1-2H3,(H,15,17). The van der Waals surface area contributed by atoms with Crippen LogP contribution in [-0.2, 0) is 0 Å². The van der Waals surface area contributed by atoms with Crippen molar-refractivity contribution in [2.45, 2.75) is 19.4 Å². The van der Waals surface area contributed by atoms with Gasteiger partial charge in [0.2, 0.25) is 0 Å². The molecule has 1 aromatic heterocycles. The Labute approximate surface area is 123 Å². The molecular weight excluding hydrogens is 335 g/mol. The highest BCUT2D eigenvalue weighted by molar-refractivity contribution is 9.10. The zero-order valence-electron chi connectivity index (χ0n) is 10.2. The average molecular weight is 349 g/mol. The van der Waals surface area contributed by atoms with Crippen molar-refractivity contribution >= 4 is 50.9 Å². The normalized spacial score (nSPS) is 13.1. The monoisotopic (exact) mass is 348 g/mol. The van der Waals surface area contributed by atoms with Crippen LogP contribution in [0.25, 0.3) is 11.0 Å². The van der Waals surface area contributed by atoms with E-state index in [-0.39, 0.29) is 11.9 Å². The van der Waals surface area contributed by atoms with E-state index in [1.54, 1.807) is 17.8 Å². The fourth-order valence-corrected chi connectivity index (χ4v) is 3.28. The Morgan fingerprint density at radius 2 is 2.28 bits per heavy atom. The molecule has 0 amide bonds. The van der Waals surface area contributed by atoms with Gasteiger partial charge in [0.25, 0.3) is 0 Å². The van der Waals surface area contributed by atoms with E-state index < -0.39 is 0 Å². The van der Waals surface area contributed by atoms with Gasteiger partial charge in [0, 0.05) is 12.1 Å². The molecule has 0 fully saturated rings. The minimum absolute atomic E-state index is 0.262. The summed E-state index contributed by atoms with van der Waals surface area (Å²) in [6.45, 7) is 2.11. The van der Waals surface area contributed by atoms with Crippen molar-refractivity contribution in [3.8, 4) is 0 Å². The molecule has 0 aliphatic carbocycles. The molecule has 1 aromatic carbocycles. The lowest BCUT2D eigenvalue weighted by Crippen LogP contribution is -2.06. The Kier molecular flexibility index (Phi) is 4.50. The van der Waals surface area contributed by atoms with E-state index in [4.69, 9.17) is 12.2 Å². The number of benzene rings is 1. The van der Waals surface area contributed by atoms with E-state index in [0.29, 0.717) is 9.24 Å². The molecule has 6 heteroatoms. The van der Waals surface area contributed by atoms with Gasteiger partial charge in [0.05, 0.1) is 15.5 Å². The summed E-state index contributed by atoms with van der Waals surface area (Å²) in [5.74, 6) is 0.802. The Bertz CT molecular complexity index is 620. The van der Waals surface area contributed by atoms with Gasteiger partial charge in [-0.25, -0.2) is 4.39 Å². The van der Waals surface area contributed by atoms with Crippen LogP contribution in [0.3, 0.4) is 0 Å². The van der Waals surface area contributed by atoms with Gasteiger partial charge in [-0.3, -0.25) is 0 Å². The minimum Gasteiger partial charge on any atom is -0.331 e. The lowest BCUT2D eigenvalue weighted by molar-refractivity contribution is 0.541. The van der Waals surface area contributed by atoms with Crippen LogP contribution in [0.1, 0.15) is 19.4 Å². The average Bonchev–Trinajstić information content (AvgIpc) is 2.62. The smallest absolute Gasteiger partial charge is 0.178 e. The molecule has 0 aliphatic rings. The topological polar surface area (TPSA) is 20.7 Å². The molecule has 2 aromatic rings. The predicted molar refractivity (Wildman–Crippen MR) is 82.5 cm³/mol. The van der Waals surface area contributed by atoms with E-state index in [2.05, 4.69) is 34.1 Å². The highest BCUT2D eigenvalue weighted by atomic mass is 79.9. The van der Waals surface area contributed by atoms with Crippen molar-refractivity contribution in [3.05, 3.63) is 27.2 Å². The highest BCUT2D eigenvalue weighted by Crippen LogP contribution is 2.26. The van der Waals surface area contributed by atoms with Crippen LogP contribution in [0, 0.1) is 10.6 Å². The fraction of sp³-hybridized carbons (Fsp3) is 0.417. The number of hydrogen-bond donors (Lipinski definition) is 1. The van der Waals surface area contributed by atoms with Crippen LogP contribution in [-0.4, -0.2) is 21.6 Å². The zero-order valence-corrected chi connectivity index (χ0v) is 13.4. The molecule has 98 valence electrons. The summed E-state index contributed by atoms with van der Waals surface area (Å²) in [5, 5.41) is 0. The molecule has 0 radical (unpaired) electrons. The number of aromatic amines is 1. The first kappa shape index (κ1) is 14.1. The van der Waals surface area contributed by atoms with Crippen LogP contribution in [0.2, 0.25) is 0 Å². The summed E-state index contributed by atoms with van der Waals surface area (Å²) in [7, 11) is 0. The third-order valence-electron chi connectivity index (χ3n) is 2.94. The first-order chi connectivity index (χ1) is 8.54. The van der Waals surface area contributed by atoms with Crippen molar-refractivity contribution in [1.29, 1.82) is 0 Å². The van der Waals surface area contributed by atoms with Gasteiger partial charge in [-0.2, -0.15) is 11.8 Å². The number of fused-ring (bicyclic) bond motifs is 1. The molecule has 2 nitrogen and oxygen atoms in total. The first-order valence-corrected chi connectivity index (χ1v) is 8.22.